The second-order valence-electron chi connectivity index (χ2n) is 6.07. The molecule has 1 unspecified atom stereocenters. The number of anilines is 1. The van der Waals surface area contributed by atoms with Crippen LogP contribution in [0.25, 0.3) is 0 Å². The lowest BCUT2D eigenvalue weighted by Gasteiger charge is -2.27. The van der Waals surface area contributed by atoms with Crippen LogP contribution < -0.4 is 5.32 Å². The van der Waals surface area contributed by atoms with Gasteiger partial charge >= 0.3 is 0 Å². The first kappa shape index (κ1) is 14.2. The number of nitrogens with zero attached hydrogens (tertiary/aromatic N) is 1. The van der Waals surface area contributed by atoms with E-state index in [1.807, 2.05) is 0 Å². The van der Waals surface area contributed by atoms with Crippen molar-refractivity contribution in [2.45, 2.75) is 32.4 Å². The second-order valence-corrected chi connectivity index (χ2v) is 6.07. The minimum atomic E-state index is 0.581. The van der Waals surface area contributed by atoms with Gasteiger partial charge in [0.2, 0.25) is 0 Å². The summed E-state index contributed by atoms with van der Waals surface area (Å²) in [6, 6.07) is 18.0. The molecule has 1 heterocycles. The van der Waals surface area contributed by atoms with Gasteiger partial charge in [-0.3, -0.25) is 4.90 Å². The molecule has 0 radical (unpaired) electrons. The summed E-state index contributed by atoms with van der Waals surface area (Å²) in [5, 5.41) is 3.61. The normalized spacial score (nSPS) is 18.0. The van der Waals surface area contributed by atoms with Gasteiger partial charge in [0.25, 0.3) is 0 Å². The summed E-state index contributed by atoms with van der Waals surface area (Å²) in [6.45, 7) is 4.25. The maximum absolute atomic E-state index is 3.61. The number of hydrogen-bond donors (Lipinski definition) is 1. The molecule has 2 heteroatoms. The molecule has 3 rings (SSSR count). The van der Waals surface area contributed by atoms with Crippen LogP contribution >= 0.6 is 0 Å². The molecule has 0 saturated heterocycles. The highest BCUT2D eigenvalue weighted by molar-refractivity contribution is 5.52. The van der Waals surface area contributed by atoms with Crippen molar-refractivity contribution < 1.29 is 0 Å². The monoisotopic (exact) mass is 280 g/mol. The Kier molecular flexibility index (Phi) is 4.26. The van der Waals surface area contributed by atoms with Gasteiger partial charge in [0.15, 0.2) is 0 Å². The van der Waals surface area contributed by atoms with Crippen molar-refractivity contribution in [3.8, 4) is 0 Å². The van der Waals surface area contributed by atoms with Gasteiger partial charge in [0.05, 0.1) is 0 Å². The summed E-state index contributed by atoms with van der Waals surface area (Å²) in [5.41, 5.74) is 5.57. The number of nitrogens with one attached hydrogen (secondary N) is 1. The van der Waals surface area contributed by atoms with Gasteiger partial charge in [-0.1, -0.05) is 42.5 Å². The van der Waals surface area contributed by atoms with E-state index in [9.17, 15) is 0 Å². The lowest BCUT2D eigenvalue weighted by Crippen LogP contribution is -2.36. The van der Waals surface area contributed by atoms with Crippen molar-refractivity contribution >= 4 is 5.69 Å². The Morgan fingerprint density at radius 2 is 1.86 bits per heavy atom. The van der Waals surface area contributed by atoms with E-state index >= 15 is 0 Å². The topological polar surface area (TPSA) is 15.3 Å². The van der Waals surface area contributed by atoms with Crippen LogP contribution in [0.15, 0.2) is 48.5 Å². The van der Waals surface area contributed by atoms with Crippen LogP contribution in [0, 0.1) is 6.92 Å². The highest BCUT2D eigenvalue weighted by Crippen LogP contribution is 2.23. The Morgan fingerprint density at radius 3 is 2.71 bits per heavy atom. The molecular weight excluding hydrogens is 256 g/mol. The maximum Gasteiger partial charge on any atom is 0.0373 e. The number of hydrogen-bond acceptors (Lipinski definition) is 2. The maximum atomic E-state index is 3.61. The molecule has 1 atom stereocenters. The third-order valence-corrected chi connectivity index (χ3v) is 4.60. The average molecular weight is 280 g/mol. The largest absolute Gasteiger partial charge is 0.383 e. The van der Waals surface area contributed by atoms with E-state index in [1.54, 1.807) is 0 Å². The van der Waals surface area contributed by atoms with Crippen molar-refractivity contribution in [2.75, 3.05) is 18.9 Å². The number of rotatable bonds is 3. The van der Waals surface area contributed by atoms with Crippen LogP contribution in [-0.4, -0.2) is 24.5 Å². The molecule has 21 heavy (non-hydrogen) atoms. The van der Waals surface area contributed by atoms with Crippen LogP contribution in [0.5, 0.6) is 0 Å². The molecule has 110 valence electrons. The first-order valence-corrected chi connectivity index (χ1v) is 7.80. The predicted octanol–water partition coefficient (Wildman–Crippen LogP) is 3.85. The zero-order chi connectivity index (χ0) is 14.7. The first-order valence-electron chi connectivity index (χ1n) is 7.80. The van der Waals surface area contributed by atoms with Crippen molar-refractivity contribution in [2.24, 2.45) is 0 Å². The Labute approximate surface area is 127 Å². The van der Waals surface area contributed by atoms with Gasteiger partial charge in [0.1, 0.15) is 0 Å². The third-order valence-electron chi connectivity index (χ3n) is 4.60. The lowest BCUT2D eigenvalue weighted by atomic mass is 10.0. The molecule has 2 aromatic carbocycles. The van der Waals surface area contributed by atoms with Crippen LogP contribution in [0.1, 0.15) is 23.1 Å². The van der Waals surface area contributed by atoms with Crippen LogP contribution in [0.2, 0.25) is 0 Å². The zero-order valence-corrected chi connectivity index (χ0v) is 13.0. The quantitative estimate of drug-likeness (QED) is 0.918. The van der Waals surface area contributed by atoms with E-state index in [0.717, 1.165) is 19.5 Å². The number of benzene rings is 2. The third kappa shape index (κ3) is 3.27. The lowest BCUT2D eigenvalue weighted by molar-refractivity contribution is 0.233. The number of fused-ring (bicyclic) bond motifs is 1. The molecule has 0 aromatic heterocycles. The molecule has 0 amide bonds. The van der Waals surface area contributed by atoms with Crippen molar-refractivity contribution in [1.29, 1.82) is 0 Å². The standard InChI is InChI=1S/C19H24N2/c1-15-7-3-4-9-17(15)14-21(2)18-12-11-16-8-5-6-10-19(16)20-13-18/h3-10,18,20H,11-14H2,1-2H3. The molecule has 1 aliphatic heterocycles. The van der Waals surface area contributed by atoms with E-state index < -0.39 is 0 Å². The molecule has 0 saturated carbocycles. The fourth-order valence-electron chi connectivity index (χ4n) is 3.12. The predicted molar refractivity (Wildman–Crippen MR) is 89.7 cm³/mol. The fraction of sp³-hybridized carbons (Fsp3) is 0.368. The summed E-state index contributed by atoms with van der Waals surface area (Å²) in [6.07, 6.45) is 2.37. The molecule has 1 aliphatic rings. The molecule has 0 spiro atoms. The van der Waals surface area contributed by atoms with Gasteiger partial charge in [-0.2, -0.15) is 0 Å². The Bertz CT molecular complexity index is 579. The van der Waals surface area contributed by atoms with Gasteiger partial charge in [-0.15, -0.1) is 0 Å². The van der Waals surface area contributed by atoms with Crippen LogP contribution in [-0.2, 0) is 13.0 Å². The SMILES string of the molecule is Cc1ccccc1CN(C)C1CCc2ccccc2NC1. The molecule has 2 aromatic rings. The van der Waals surface area contributed by atoms with Gasteiger partial charge in [0, 0.05) is 24.8 Å². The minimum absolute atomic E-state index is 0.581. The Morgan fingerprint density at radius 1 is 1.10 bits per heavy atom. The zero-order valence-electron chi connectivity index (χ0n) is 13.0. The van der Waals surface area contributed by atoms with Gasteiger partial charge < -0.3 is 5.32 Å². The minimum Gasteiger partial charge on any atom is -0.383 e. The fourth-order valence-corrected chi connectivity index (χ4v) is 3.12. The molecule has 1 N–H and O–H groups in total. The highest BCUT2D eigenvalue weighted by atomic mass is 15.1. The van der Waals surface area contributed by atoms with E-state index in [-0.39, 0.29) is 0 Å². The number of likely N-dealkylation sites (N-methyl/N-ethyl adjacent to an activating group) is 1. The van der Waals surface area contributed by atoms with Crippen molar-refractivity contribution in [1.82, 2.24) is 4.90 Å². The summed E-state index contributed by atoms with van der Waals surface area (Å²) in [7, 11) is 2.24. The van der Waals surface area contributed by atoms with Gasteiger partial charge in [-0.05, 0) is 49.6 Å². The first-order chi connectivity index (χ1) is 10.2. The van der Waals surface area contributed by atoms with E-state index in [0.29, 0.717) is 6.04 Å². The average Bonchev–Trinajstić information content (AvgIpc) is 2.72. The molecule has 0 fully saturated rings. The van der Waals surface area contributed by atoms with Crippen LogP contribution in [0.4, 0.5) is 5.69 Å². The molecule has 0 bridgehead atoms. The van der Waals surface area contributed by atoms with Crippen molar-refractivity contribution in [3.05, 3.63) is 65.2 Å². The summed E-state index contributed by atoms with van der Waals surface area (Å²) in [5.74, 6) is 0. The molecule has 2 nitrogen and oxygen atoms in total. The van der Waals surface area contributed by atoms with Crippen LogP contribution in [0.3, 0.4) is 0 Å². The second kappa shape index (κ2) is 6.31. The van der Waals surface area contributed by atoms with E-state index in [2.05, 4.69) is 72.7 Å². The van der Waals surface area contributed by atoms with Crippen molar-refractivity contribution in [3.63, 3.8) is 0 Å². The van der Waals surface area contributed by atoms with E-state index in [1.165, 1.54) is 28.8 Å². The number of para-hydroxylation sites is 1. The van der Waals surface area contributed by atoms with Gasteiger partial charge in [-0.25, -0.2) is 0 Å². The molecular formula is C19H24N2. The van der Waals surface area contributed by atoms with E-state index in [4.69, 9.17) is 0 Å². The highest BCUT2D eigenvalue weighted by Gasteiger charge is 2.19. The Balaban J connectivity index is 1.67. The Hall–Kier alpha value is -1.80. The summed E-state index contributed by atoms with van der Waals surface area (Å²) >= 11 is 0. The smallest absolute Gasteiger partial charge is 0.0373 e. The number of aryl methyl sites for hydroxylation is 2. The molecule has 0 aliphatic carbocycles. The summed E-state index contributed by atoms with van der Waals surface area (Å²) in [4.78, 5) is 2.49. The summed E-state index contributed by atoms with van der Waals surface area (Å²) < 4.78 is 0.